The zero-order chi connectivity index (χ0) is 14.2. The fraction of sp³-hybridized carbons (Fsp3) is 0. The molecule has 0 aliphatic heterocycles. The molecule has 4 aromatic rings. The molecule has 6 heteroatoms. The molecule has 2 heterocycles. The molecule has 2 aromatic carbocycles. The second kappa shape index (κ2) is 4.45. The van der Waals surface area contributed by atoms with Crippen LogP contribution in [0.25, 0.3) is 16.6 Å². The highest BCUT2D eigenvalue weighted by molar-refractivity contribution is 5.81. The second-order valence-corrected chi connectivity index (χ2v) is 4.56. The summed E-state index contributed by atoms with van der Waals surface area (Å²) in [6.45, 7) is 0. The Morgan fingerprint density at radius 1 is 1.00 bits per heavy atom. The van der Waals surface area contributed by atoms with Gasteiger partial charge in [0.2, 0.25) is 5.82 Å². The fourth-order valence-electron chi connectivity index (χ4n) is 2.27. The Morgan fingerprint density at radius 3 is 2.62 bits per heavy atom. The molecule has 0 atom stereocenters. The Bertz CT molecular complexity index is 934. The first-order chi connectivity index (χ1) is 10.3. The minimum atomic E-state index is -0.522. The molecule has 0 aliphatic rings. The van der Waals surface area contributed by atoms with Crippen molar-refractivity contribution in [2.24, 2.45) is 0 Å². The van der Waals surface area contributed by atoms with Gasteiger partial charge in [-0.05, 0) is 22.7 Å². The highest BCUT2D eigenvalue weighted by Crippen LogP contribution is 2.24. The van der Waals surface area contributed by atoms with E-state index in [1.807, 2.05) is 54.6 Å². The minimum absolute atomic E-state index is 0.289. The van der Waals surface area contributed by atoms with Crippen LogP contribution in [0, 0.1) is 0 Å². The molecule has 0 unspecified atom stereocenters. The highest BCUT2D eigenvalue weighted by atomic mass is 16.6. The van der Waals surface area contributed by atoms with Crippen LogP contribution in [0.4, 0.5) is 11.5 Å². The molecule has 4 rings (SSSR count). The van der Waals surface area contributed by atoms with E-state index in [-0.39, 0.29) is 5.52 Å². The second-order valence-electron chi connectivity index (χ2n) is 4.56. The predicted octanol–water partition coefficient (Wildman–Crippen LogP) is 1.78. The average molecular weight is 278 g/mol. The zero-order valence-electron chi connectivity index (χ0n) is 10.9. The summed E-state index contributed by atoms with van der Waals surface area (Å²) in [4.78, 5) is 4.50. The number of hydrogen-bond donors (Lipinski definition) is 1. The summed E-state index contributed by atoms with van der Waals surface area (Å²) in [5.41, 5.74) is 2.57. The van der Waals surface area contributed by atoms with Gasteiger partial charge in [0.1, 0.15) is 5.52 Å². The number of fused-ring (bicyclic) bond motifs is 3. The van der Waals surface area contributed by atoms with Gasteiger partial charge >= 0.3 is 5.52 Å². The normalized spacial score (nSPS) is 11.0. The van der Waals surface area contributed by atoms with Gasteiger partial charge < -0.3 is 14.9 Å². The van der Waals surface area contributed by atoms with Crippen LogP contribution >= 0.6 is 0 Å². The van der Waals surface area contributed by atoms with Crippen molar-refractivity contribution in [1.82, 2.24) is 10.3 Å². The third-order valence-electron chi connectivity index (χ3n) is 3.21. The Morgan fingerprint density at radius 2 is 1.76 bits per heavy atom. The Balaban J connectivity index is 1.99. The molecular formula is C15H10N4O2. The lowest BCUT2D eigenvalue weighted by molar-refractivity contribution is -0.568. The van der Waals surface area contributed by atoms with E-state index < -0.39 is 5.95 Å². The maximum Gasteiger partial charge on any atom is 0.306 e. The molecule has 2 aromatic heterocycles. The Labute approximate surface area is 119 Å². The van der Waals surface area contributed by atoms with Crippen molar-refractivity contribution in [3.05, 3.63) is 54.6 Å². The van der Waals surface area contributed by atoms with E-state index in [1.54, 1.807) is 0 Å². The lowest BCUT2D eigenvalue weighted by Crippen LogP contribution is -2.26. The summed E-state index contributed by atoms with van der Waals surface area (Å²) in [5.74, 6) is -0.0992. The lowest BCUT2D eigenvalue weighted by atomic mass is 10.3. The largest absolute Gasteiger partial charge is 0.539 e. The molecule has 21 heavy (non-hydrogen) atoms. The van der Waals surface area contributed by atoms with Gasteiger partial charge in [0.05, 0.1) is 5.27 Å². The molecule has 0 saturated heterocycles. The van der Waals surface area contributed by atoms with Crippen molar-refractivity contribution < 1.29 is 14.1 Å². The van der Waals surface area contributed by atoms with Gasteiger partial charge in [0, 0.05) is 11.8 Å². The van der Waals surface area contributed by atoms with E-state index in [4.69, 9.17) is 4.52 Å². The van der Waals surface area contributed by atoms with Crippen LogP contribution in [0.2, 0.25) is 0 Å². The van der Waals surface area contributed by atoms with Crippen LogP contribution in [-0.2, 0) is 0 Å². The van der Waals surface area contributed by atoms with Crippen molar-refractivity contribution in [3.63, 3.8) is 0 Å². The van der Waals surface area contributed by atoms with Crippen LogP contribution in [-0.4, -0.2) is 10.3 Å². The smallest absolute Gasteiger partial charge is 0.306 e. The Hall–Kier alpha value is -3.15. The van der Waals surface area contributed by atoms with Crippen LogP contribution in [0.3, 0.4) is 0 Å². The van der Waals surface area contributed by atoms with Gasteiger partial charge in [-0.3, -0.25) is 0 Å². The van der Waals surface area contributed by atoms with Crippen LogP contribution < -0.4 is 14.9 Å². The van der Waals surface area contributed by atoms with Gasteiger partial charge in [-0.1, -0.05) is 30.3 Å². The fourth-order valence-corrected chi connectivity index (χ4v) is 2.27. The van der Waals surface area contributed by atoms with Gasteiger partial charge in [-0.15, -0.1) is 0 Å². The summed E-state index contributed by atoms with van der Waals surface area (Å²) in [5, 5.41) is 18.8. The average Bonchev–Trinajstić information content (AvgIpc) is 2.91. The summed E-state index contributed by atoms with van der Waals surface area (Å²) in [6, 6.07) is 16.9. The molecular weight excluding hydrogens is 268 g/mol. The first-order valence-electron chi connectivity index (χ1n) is 6.42. The van der Waals surface area contributed by atoms with Crippen molar-refractivity contribution in [2.45, 2.75) is 0 Å². The molecule has 0 radical (unpaired) electrons. The quantitative estimate of drug-likeness (QED) is 0.565. The summed E-state index contributed by atoms with van der Waals surface area (Å²) in [7, 11) is 0. The van der Waals surface area contributed by atoms with Gasteiger partial charge in [-0.2, -0.15) is 0 Å². The molecule has 6 nitrogen and oxygen atoms in total. The zero-order valence-corrected chi connectivity index (χ0v) is 10.9. The predicted molar refractivity (Wildman–Crippen MR) is 74.1 cm³/mol. The first-order valence-corrected chi connectivity index (χ1v) is 6.42. The maximum atomic E-state index is 11.9. The number of nitrogens with zero attached hydrogens (tertiary/aromatic N) is 3. The van der Waals surface area contributed by atoms with Gasteiger partial charge in [0.25, 0.3) is 5.52 Å². The van der Waals surface area contributed by atoms with E-state index in [1.165, 1.54) is 4.52 Å². The van der Waals surface area contributed by atoms with E-state index in [9.17, 15) is 5.11 Å². The summed E-state index contributed by atoms with van der Waals surface area (Å²) >= 11 is 0. The van der Waals surface area contributed by atoms with Crippen molar-refractivity contribution in [2.75, 3.05) is 5.32 Å². The molecule has 0 fully saturated rings. The SMILES string of the molecule is [O-]c1on[n+]2c1c(Nc1ccccc1)nc1ccccc12. The van der Waals surface area contributed by atoms with Crippen molar-refractivity contribution >= 4 is 28.1 Å². The van der Waals surface area contributed by atoms with Crippen LogP contribution in [0.5, 0.6) is 5.95 Å². The number of nitrogens with one attached hydrogen (secondary N) is 1. The third-order valence-corrected chi connectivity index (χ3v) is 3.21. The molecule has 0 saturated carbocycles. The first kappa shape index (κ1) is 11.7. The van der Waals surface area contributed by atoms with E-state index in [0.29, 0.717) is 5.82 Å². The van der Waals surface area contributed by atoms with E-state index in [0.717, 1.165) is 16.7 Å². The number of hydrogen-bond acceptors (Lipinski definition) is 5. The standard InChI is InChI=1S/C15H10N4O2/c20-15-13-14(16-10-6-2-1-3-7-10)17-11-8-4-5-9-12(11)19(13)18-21-15/h1-9H,(H-,16,17,18,20). The lowest BCUT2D eigenvalue weighted by Gasteiger charge is -2.05. The summed E-state index contributed by atoms with van der Waals surface area (Å²) < 4.78 is 6.25. The van der Waals surface area contributed by atoms with Crippen molar-refractivity contribution in [1.29, 1.82) is 0 Å². The molecule has 0 aliphatic carbocycles. The highest BCUT2D eigenvalue weighted by Gasteiger charge is 2.20. The third kappa shape index (κ3) is 1.85. The number of benzene rings is 2. The molecule has 1 N–H and O–H groups in total. The summed E-state index contributed by atoms with van der Waals surface area (Å²) in [6.07, 6.45) is 0. The number of para-hydroxylation sites is 3. The monoisotopic (exact) mass is 278 g/mol. The topological polar surface area (TPSA) is 78.1 Å². The molecule has 0 amide bonds. The molecule has 102 valence electrons. The van der Waals surface area contributed by atoms with Crippen LogP contribution in [0.15, 0.2) is 59.1 Å². The number of aromatic nitrogens is 3. The minimum Gasteiger partial charge on any atom is -0.539 e. The number of rotatable bonds is 2. The number of anilines is 2. The molecule has 0 bridgehead atoms. The Kier molecular flexibility index (Phi) is 2.47. The van der Waals surface area contributed by atoms with E-state index >= 15 is 0 Å². The van der Waals surface area contributed by atoms with Crippen LogP contribution in [0.1, 0.15) is 0 Å². The maximum absolute atomic E-state index is 11.9. The van der Waals surface area contributed by atoms with Crippen molar-refractivity contribution in [3.8, 4) is 5.95 Å². The van der Waals surface area contributed by atoms with Gasteiger partial charge in [-0.25, -0.2) is 4.98 Å². The van der Waals surface area contributed by atoms with Gasteiger partial charge in [0.15, 0.2) is 5.95 Å². The molecule has 0 spiro atoms. The van der Waals surface area contributed by atoms with E-state index in [2.05, 4.69) is 15.6 Å².